The summed E-state index contributed by atoms with van der Waals surface area (Å²) in [6.07, 6.45) is 0. The second kappa shape index (κ2) is 6.39. The number of nitrogens with one attached hydrogen (secondary N) is 2. The number of nitro groups is 1. The molecule has 0 unspecified atom stereocenters. The van der Waals surface area contributed by atoms with E-state index in [9.17, 15) is 23.3 Å². The highest BCUT2D eigenvalue weighted by Crippen LogP contribution is 2.22. The Labute approximate surface area is 127 Å². The molecule has 0 aromatic heterocycles. The van der Waals surface area contributed by atoms with E-state index in [1.54, 1.807) is 0 Å². The molecule has 2 aromatic carbocycles. The van der Waals surface area contributed by atoms with E-state index in [2.05, 4.69) is 10.6 Å². The summed E-state index contributed by atoms with van der Waals surface area (Å²) < 4.78 is 39.4. The summed E-state index contributed by atoms with van der Waals surface area (Å²) in [5, 5.41) is 15.5. The fourth-order valence-electron chi connectivity index (χ4n) is 1.61. The molecule has 0 atom stereocenters. The van der Waals surface area contributed by atoms with E-state index in [0.717, 1.165) is 24.3 Å². The van der Waals surface area contributed by atoms with Crippen molar-refractivity contribution in [3.63, 3.8) is 0 Å². The third-order valence-electron chi connectivity index (χ3n) is 2.58. The molecule has 0 saturated heterocycles. The fourth-order valence-corrected chi connectivity index (χ4v) is 1.83. The Morgan fingerprint density at radius 3 is 2.41 bits per heavy atom. The Morgan fingerprint density at radius 2 is 1.77 bits per heavy atom. The Bertz CT molecular complexity index is 755. The standard InChI is InChI=1S/C13H8F3N3O2S/c14-7-1-4-11(10(16)5-7)18-13(22)17-8-2-3-9(15)12(6-8)19(20)21/h1-6H,(H2,17,18,22). The van der Waals surface area contributed by atoms with Crippen LogP contribution >= 0.6 is 12.2 Å². The van der Waals surface area contributed by atoms with Crippen LogP contribution in [0, 0.1) is 27.6 Å². The Morgan fingerprint density at radius 1 is 1.05 bits per heavy atom. The molecule has 0 saturated carbocycles. The van der Waals surface area contributed by atoms with Crippen molar-refractivity contribution in [2.75, 3.05) is 10.6 Å². The molecule has 0 bridgehead atoms. The summed E-state index contributed by atoms with van der Waals surface area (Å²) in [5.74, 6) is -2.58. The molecule has 2 aromatic rings. The molecule has 0 amide bonds. The lowest BCUT2D eigenvalue weighted by Gasteiger charge is -2.11. The van der Waals surface area contributed by atoms with Gasteiger partial charge in [0, 0.05) is 17.8 Å². The summed E-state index contributed by atoms with van der Waals surface area (Å²) in [4.78, 5) is 9.75. The minimum Gasteiger partial charge on any atom is -0.332 e. The molecule has 0 aliphatic heterocycles. The Balaban J connectivity index is 2.12. The predicted molar refractivity (Wildman–Crippen MR) is 79.3 cm³/mol. The molecule has 5 nitrogen and oxygen atoms in total. The molecule has 0 spiro atoms. The van der Waals surface area contributed by atoms with Crippen molar-refractivity contribution in [3.05, 3.63) is 64.0 Å². The third kappa shape index (κ3) is 3.70. The van der Waals surface area contributed by atoms with Crippen LogP contribution in [0.4, 0.5) is 30.2 Å². The van der Waals surface area contributed by atoms with Crippen LogP contribution in [-0.4, -0.2) is 10.0 Å². The summed E-state index contributed by atoms with van der Waals surface area (Å²) in [6.45, 7) is 0. The first-order valence-electron chi connectivity index (χ1n) is 5.84. The lowest BCUT2D eigenvalue weighted by molar-refractivity contribution is -0.387. The van der Waals surface area contributed by atoms with Crippen molar-refractivity contribution in [2.45, 2.75) is 0 Å². The number of halogens is 3. The van der Waals surface area contributed by atoms with Crippen LogP contribution in [0.25, 0.3) is 0 Å². The first-order valence-corrected chi connectivity index (χ1v) is 6.24. The molecular weight excluding hydrogens is 319 g/mol. The van der Waals surface area contributed by atoms with Crippen molar-refractivity contribution in [1.82, 2.24) is 0 Å². The highest BCUT2D eigenvalue weighted by molar-refractivity contribution is 7.80. The maximum Gasteiger partial charge on any atom is 0.306 e. The normalized spacial score (nSPS) is 10.1. The number of anilines is 2. The number of hydrogen-bond donors (Lipinski definition) is 2. The van der Waals surface area contributed by atoms with Crippen molar-refractivity contribution >= 4 is 34.4 Å². The summed E-state index contributed by atoms with van der Waals surface area (Å²) >= 11 is 4.91. The average molecular weight is 327 g/mol. The number of benzene rings is 2. The number of hydrogen-bond acceptors (Lipinski definition) is 3. The quantitative estimate of drug-likeness (QED) is 0.510. The first-order chi connectivity index (χ1) is 10.4. The van der Waals surface area contributed by atoms with E-state index in [1.165, 1.54) is 6.07 Å². The minimum absolute atomic E-state index is 0.0736. The monoisotopic (exact) mass is 327 g/mol. The molecule has 114 valence electrons. The second-order valence-electron chi connectivity index (χ2n) is 4.13. The second-order valence-corrected chi connectivity index (χ2v) is 4.53. The summed E-state index contributed by atoms with van der Waals surface area (Å²) in [5.41, 5.74) is -0.649. The van der Waals surface area contributed by atoms with Gasteiger partial charge in [-0.3, -0.25) is 10.1 Å². The molecule has 0 fully saturated rings. The molecule has 0 heterocycles. The van der Waals surface area contributed by atoms with Gasteiger partial charge in [0.1, 0.15) is 11.6 Å². The van der Waals surface area contributed by atoms with E-state index in [4.69, 9.17) is 12.2 Å². The van der Waals surface area contributed by atoms with Crippen LogP contribution in [0.5, 0.6) is 0 Å². The summed E-state index contributed by atoms with van der Waals surface area (Å²) in [6, 6.07) is 5.94. The van der Waals surface area contributed by atoms with Crippen molar-refractivity contribution in [1.29, 1.82) is 0 Å². The summed E-state index contributed by atoms with van der Waals surface area (Å²) in [7, 11) is 0. The van der Waals surface area contributed by atoms with Gasteiger partial charge in [0.2, 0.25) is 5.82 Å². The zero-order chi connectivity index (χ0) is 16.3. The smallest absolute Gasteiger partial charge is 0.306 e. The van der Waals surface area contributed by atoms with Crippen LogP contribution in [0.2, 0.25) is 0 Å². The average Bonchev–Trinajstić information content (AvgIpc) is 2.44. The molecule has 0 aliphatic carbocycles. The lowest BCUT2D eigenvalue weighted by Crippen LogP contribution is -2.20. The maximum atomic E-state index is 13.4. The van der Waals surface area contributed by atoms with Gasteiger partial charge in [-0.05, 0) is 36.5 Å². The largest absolute Gasteiger partial charge is 0.332 e. The van der Waals surface area contributed by atoms with Crippen LogP contribution in [0.1, 0.15) is 0 Å². The predicted octanol–water partition coefficient (Wildman–Crippen LogP) is 3.82. The maximum absolute atomic E-state index is 13.4. The lowest BCUT2D eigenvalue weighted by atomic mass is 10.2. The molecule has 0 aliphatic rings. The number of nitrogens with zero attached hydrogens (tertiary/aromatic N) is 1. The van der Waals surface area contributed by atoms with Crippen molar-refractivity contribution in [3.8, 4) is 0 Å². The molecule has 9 heteroatoms. The molecular formula is C13H8F3N3O2S. The van der Waals surface area contributed by atoms with E-state index >= 15 is 0 Å². The van der Waals surface area contributed by atoms with Gasteiger partial charge in [-0.2, -0.15) is 4.39 Å². The SMILES string of the molecule is O=[N+]([O-])c1cc(NC(=S)Nc2ccc(F)cc2F)ccc1F. The Kier molecular flexibility index (Phi) is 4.56. The van der Waals surface area contributed by atoms with E-state index in [1.807, 2.05) is 0 Å². The minimum atomic E-state index is -0.987. The van der Waals surface area contributed by atoms with Gasteiger partial charge in [0.15, 0.2) is 5.11 Å². The van der Waals surface area contributed by atoms with Gasteiger partial charge >= 0.3 is 5.69 Å². The molecule has 22 heavy (non-hydrogen) atoms. The van der Waals surface area contributed by atoms with Crippen molar-refractivity contribution in [2.24, 2.45) is 0 Å². The Hall–Kier alpha value is -2.68. The van der Waals surface area contributed by atoms with Gasteiger partial charge in [0.25, 0.3) is 0 Å². The highest BCUT2D eigenvalue weighted by Gasteiger charge is 2.15. The fraction of sp³-hybridized carbons (Fsp3) is 0. The van der Waals surface area contributed by atoms with Gasteiger partial charge in [0.05, 0.1) is 10.6 Å². The van der Waals surface area contributed by atoms with Crippen LogP contribution in [-0.2, 0) is 0 Å². The van der Waals surface area contributed by atoms with Crippen LogP contribution in [0.3, 0.4) is 0 Å². The molecule has 0 radical (unpaired) electrons. The zero-order valence-electron chi connectivity index (χ0n) is 10.8. The van der Waals surface area contributed by atoms with Gasteiger partial charge in [-0.1, -0.05) is 0 Å². The van der Waals surface area contributed by atoms with Gasteiger partial charge in [-0.15, -0.1) is 0 Å². The number of nitro benzene ring substituents is 1. The van der Waals surface area contributed by atoms with E-state index in [-0.39, 0.29) is 16.5 Å². The molecule has 2 N–H and O–H groups in total. The zero-order valence-corrected chi connectivity index (χ0v) is 11.6. The van der Waals surface area contributed by atoms with Gasteiger partial charge in [-0.25, -0.2) is 8.78 Å². The first kappa shape index (κ1) is 15.7. The van der Waals surface area contributed by atoms with Crippen molar-refractivity contribution < 1.29 is 18.1 Å². The highest BCUT2D eigenvalue weighted by atomic mass is 32.1. The topological polar surface area (TPSA) is 67.2 Å². The van der Waals surface area contributed by atoms with Crippen LogP contribution in [0.15, 0.2) is 36.4 Å². The number of thiocarbonyl (C=S) groups is 1. The molecule has 2 rings (SSSR count). The van der Waals surface area contributed by atoms with E-state index in [0.29, 0.717) is 6.07 Å². The van der Waals surface area contributed by atoms with Gasteiger partial charge < -0.3 is 10.6 Å². The number of rotatable bonds is 3. The van der Waals surface area contributed by atoms with Crippen LogP contribution < -0.4 is 10.6 Å². The van der Waals surface area contributed by atoms with E-state index < -0.39 is 28.1 Å². The third-order valence-corrected chi connectivity index (χ3v) is 2.78.